The Bertz CT molecular complexity index is 319. The minimum atomic E-state index is 0.590. The van der Waals surface area contributed by atoms with E-state index < -0.39 is 0 Å². The number of rotatable bonds is 2. The molecule has 3 nitrogen and oxygen atoms in total. The van der Waals surface area contributed by atoms with Gasteiger partial charge in [0.05, 0.1) is 12.3 Å². The van der Waals surface area contributed by atoms with Crippen LogP contribution in [0.3, 0.4) is 0 Å². The molecule has 1 aromatic heterocycles. The molecular formula is C11H18N2O. The van der Waals surface area contributed by atoms with Crippen LogP contribution in [0, 0.1) is 5.92 Å². The summed E-state index contributed by atoms with van der Waals surface area (Å²) in [5, 5.41) is 0. The SMILES string of the molecule is COCc1cn2c(n1)CC(C)CC2C. The Labute approximate surface area is 85.1 Å². The Hall–Kier alpha value is -0.830. The third kappa shape index (κ3) is 1.69. The van der Waals surface area contributed by atoms with Gasteiger partial charge in [-0.1, -0.05) is 6.92 Å². The van der Waals surface area contributed by atoms with Crippen molar-refractivity contribution in [1.82, 2.24) is 9.55 Å². The van der Waals surface area contributed by atoms with E-state index in [9.17, 15) is 0 Å². The fraction of sp³-hybridized carbons (Fsp3) is 0.727. The van der Waals surface area contributed by atoms with E-state index in [-0.39, 0.29) is 0 Å². The van der Waals surface area contributed by atoms with E-state index in [0.717, 1.165) is 18.0 Å². The summed E-state index contributed by atoms with van der Waals surface area (Å²) in [5.41, 5.74) is 1.06. The van der Waals surface area contributed by atoms with Gasteiger partial charge in [-0.2, -0.15) is 0 Å². The highest BCUT2D eigenvalue weighted by atomic mass is 16.5. The molecule has 2 unspecified atom stereocenters. The van der Waals surface area contributed by atoms with Crippen LogP contribution in [0.25, 0.3) is 0 Å². The summed E-state index contributed by atoms with van der Waals surface area (Å²) >= 11 is 0. The molecule has 0 aliphatic carbocycles. The Morgan fingerprint density at radius 1 is 1.57 bits per heavy atom. The van der Waals surface area contributed by atoms with Crippen molar-refractivity contribution in [3.63, 3.8) is 0 Å². The van der Waals surface area contributed by atoms with Crippen molar-refractivity contribution in [3.8, 4) is 0 Å². The minimum Gasteiger partial charge on any atom is -0.378 e. The fourth-order valence-electron chi connectivity index (χ4n) is 2.33. The molecule has 2 rings (SSSR count). The minimum absolute atomic E-state index is 0.590. The number of hydrogen-bond acceptors (Lipinski definition) is 2. The molecule has 0 amide bonds. The molecule has 3 heteroatoms. The van der Waals surface area contributed by atoms with E-state index in [1.54, 1.807) is 7.11 Å². The zero-order valence-corrected chi connectivity index (χ0v) is 9.16. The quantitative estimate of drug-likeness (QED) is 0.721. The van der Waals surface area contributed by atoms with Crippen LogP contribution in [0.2, 0.25) is 0 Å². The van der Waals surface area contributed by atoms with Crippen LogP contribution in [-0.2, 0) is 17.8 Å². The Morgan fingerprint density at radius 3 is 3.07 bits per heavy atom. The van der Waals surface area contributed by atoms with E-state index in [2.05, 4.69) is 29.6 Å². The van der Waals surface area contributed by atoms with Crippen molar-refractivity contribution in [1.29, 1.82) is 0 Å². The van der Waals surface area contributed by atoms with Crippen molar-refractivity contribution in [2.75, 3.05) is 7.11 Å². The van der Waals surface area contributed by atoms with Gasteiger partial charge in [-0.15, -0.1) is 0 Å². The van der Waals surface area contributed by atoms with Crippen molar-refractivity contribution in [3.05, 3.63) is 17.7 Å². The molecule has 0 bridgehead atoms. The normalized spacial score (nSPS) is 26.2. The highest BCUT2D eigenvalue weighted by molar-refractivity contribution is 5.08. The summed E-state index contributed by atoms with van der Waals surface area (Å²) in [6, 6.07) is 0.590. The van der Waals surface area contributed by atoms with Gasteiger partial charge in [0.2, 0.25) is 0 Å². The Kier molecular flexibility index (Phi) is 2.59. The maximum atomic E-state index is 5.09. The van der Waals surface area contributed by atoms with Gasteiger partial charge in [0, 0.05) is 25.8 Å². The maximum Gasteiger partial charge on any atom is 0.109 e. The molecule has 2 heterocycles. The van der Waals surface area contributed by atoms with Gasteiger partial charge in [-0.25, -0.2) is 4.98 Å². The van der Waals surface area contributed by atoms with Crippen LogP contribution >= 0.6 is 0 Å². The molecule has 2 atom stereocenters. The van der Waals surface area contributed by atoms with E-state index in [4.69, 9.17) is 4.74 Å². The summed E-state index contributed by atoms with van der Waals surface area (Å²) in [5.74, 6) is 1.98. The summed E-state index contributed by atoms with van der Waals surface area (Å²) in [6.07, 6.45) is 4.50. The van der Waals surface area contributed by atoms with Crippen LogP contribution in [-0.4, -0.2) is 16.7 Å². The summed E-state index contributed by atoms with van der Waals surface area (Å²) in [7, 11) is 1.71. The van der Waals surface area contributed by atoms with Gasteiger partial charge in [-0.3, -0.25) is 0 Å². The lowest BCUT2D eigenvalue weighted by atomic mass is 9.95. The zero-order valence-electron chi connectivity index (χ0n) is 9.16. The number of methoxy groups -OCH3 is 1. The number of fused-ring (bicyclic) bond motifs is 1. The summed E-state index contributed by atoms with van der Waals surface area (Å²) in [6.45, 7) is 5.18. The van der Waals surface area contributed by atoms with Crippen LogP contribution in [0.5, 0.6) is 0 Å². The van der Waals surface area contributed by atoms with Crippen molar-refractivity contribution in [2.24, 2.45) is 5.92 Å². The molecule has 0 radical (unpaired) electrons. The monoisotopic (exact) mass is 194 g/mol. The highest BCUT2D eigenvalue weighted by Gasteiger charge is 2.22. The molecule has 0 spiro atoms. The second-order valence-corrected chi connectivity index (χ2v) is 4.38. The van der Waals surface area contributed by atoms with Crippen molar-refractivity contribution >= 4 is 0 Å². The first kappa shape index (κ1) is 9.71. The lowest BCUT2D eigenvalue weighted by molar-refractivity contribution is 0.181. The van der Waals surface area contributed by atoms with Crippen LogP contribution in [0.15, 0.2) is 6.20 Å². The molecule has 0 saturated carbocycles. The molecule has 1 aromatic rings. The van der Waals surface area contributed by atoms with Gasteiger partial charge in [0.1, 0.15) is 5.82 Å². The predicted octanol–water partition coefficient (Wildman–Crippen LogP) is 2.17. The van der Waals surface area contributed by atoms with Gasteiger partial charge in [-0.05, 0) is 19.3 Å². The van der Waals surface area contributed by atoms with Crippen LogP contribution < -0.4 is 0 Å². The standard InChI is InChI=1S/C11H18N2O/c1-8-4-9(2)13-6-10(7-14-3)12-11(13)5-8/h6,8-9H,4-5,7H2,1-3H3. The molecule has 78 valence electrons. The lowest BCUT2D eigenvalue weighted by Crippen LogP contribution is -2.20. The van der Waals surface area contributed by atoms with E-state index in [0.29, 0.717) is 12.6 Å². The highest BCUT2D eigenvalue weighted by Crippen LogP contribution is 2.28. The first-order valence-corrected chi connectivity index (χ1v) is 5.26. The van der Waals surface area contributed by atoms with Crippen molar-refractivity contribution < 1.29 is 4.74 Å². The number of ether oxygens (including phenoxy) is 1. The van der Waals surface area contributed by atoms with Gasteiger partial charge in [0.15, 0.2) is 0 Å². The zero-order chi connectivity index (χ0) is 10.1. The molecule has 1 aliphatic rings. The molecule has 1 aliphatic heterocycles. The third-order valence-electron chi connectivity index (χ3n) is 2.90. The number of hydrogen-bond donors (Lipinski definition) is 0. The topological polar surface area (TPSA) is 27.1 Å². The fourth-order valence-corrected chi connectivity index (χ4v) is 2.33. The smallest absolute Gasteiger partial charge is 0.109 e. The Balaban J connectivity index is 2.26. The third-order valence-corrected chi connectivity index (χ3v) is 2.90. The maximum absolute atomic E-state index is 5.09. The van der Waals surface area contributed by atoms with Gasteiger partial charge < -0.3 is 9.30 Å². The molecule has 0 N–H and O–H groups in total. The average molecular weight is 194 g/mol. The lowest BCUT2D eigenvalue weighted by Gasteiger charge is -2.26. The number of nitrogens with zero attached hydrogens (tertiary/aromatic N) is 2. The molecule has 0 aromatic carbocycles. The number of imidazole rings is 1. The van der Waals surface area contributed by atoms with Crippen LogP contribution in [0.1, 0.15) is 37.8 Å². The van der Waals surface area contributed by atoms with E-state index >= 15 is 0 Å². The summed E-state index contributed by atoms with van der Waals surface area (Å²) in [4.78, 5) is 4.58. The first-order valence-electron chi connectivity index (χ1n) is 5.26. The molecule has 0 fully saturated rings. The van der Waals surface area contributed by atoms with E-state index in [1.165, 1.54) is 12.2 Å². The van der Waals surface area contributed by atoms with Crippen molar-refractivity contribution in [2.45, 2.75) is 39.3 Å². The summed E-state index contributed by atoms with van der Waals surface area (Å²) < 4.78 is 7.39. The molecule has 14 heavy (non-hydrogen) atoms. The second kappa shape index (κ2) is 3.73. The molecular weight excluding hydrogens is 176 g/mol. The predicted molar refractivity (Wildman–Crippen MR) is 55.1 cm³/mol. The number of aromatic nitrogens is 2. The van der Waals surface area contributed by atoms with E-state index in [1.807, 2.05) is 0 Å². The second-order valence-electron chi connectivity index (χ2n) is 4.38. The first-order chi connectivity index (χ1) is 6.70. The molecule has 0 saturated heterocycles. The Morgan fingerprint density at radius 2 is 2.36 bits per heavy atom. The average Bonchev–Trinajstić information content (AvgIpc) is 2.48. The van der Waals surface area contributed by atoms with Crippen LogP contribution in [0.4, 0.5) is 0 Å². The van der Waals surface area contributed by atoms with Gasteiger partial charge in [0.25, 0.3) is 0 Å². The largest absolute Gasteiger partial charge is 0.378 e. The van der Waals surface area contributed by atoms with Gasteiger partial charge >= 0.3 is 0 Å².